The van der Waals surface area contributed by atoms with E-state index in [4.69, 9.17) is 0 Å². The Morgan fingerprint density at radius 3 is 2.75 bits per heavy atom. The summed E-state index contributed by atoms with van der Waals surface area (Å²) in [5.41, 5.74) is 0.543. The second-order valence-electron chi connectivity index (χ2n) is 8.50. The van der Waals surface area contributed by atoms with E-state index in [0.29, 0.717) is 17.1 Å². The number of hydrogen-bond acceptors (Lipinski definition) is 1. The molecule has 4 rings (SSSR count). The van der Waals surface area contributed by atoms with E-state index in [1.54, 1.807) is 0 Å². The molecule has 1 heteroatoms. The molecule has 0 amide bonds. The Bertz CT molecular complexity index is 464. The van der Waals surface area contributed by atoms with Crippen LogP contribution in [0.2, 0.25) is 0 Å². The van der Waals surface area contributed by atoms with Crippen LogP contribution >= 0.6 is 0 Å². The third-order valence-electron chi connectivity index (χ3n) is 7.85. The van der Waals surface area contributed by atoms with Crippen molar-refractivity contribution in [1.82, 2.24) is 0 Å². The third kappa shape index (κ3) is 1.53. The van der Waals surface area contributed by atoms with E-state index < -0.39 is 0 Å². The summed E-state index contributed by atoms with van der Waals surface area (Å²) in [6, 6.07) is 0. The lowest BCUT2D eigenvalue weighted by atomic mass is 9.45. The molecular weight excluding hydrogens is 244 g/mol. The maximum absolute atomic E-state index is 12.3. The van der Waals surface area contributed by atoms with Gasteiger partial charge < -0.3 is 0 Å². The molecule has 3 saturated carbocycles. The summed E-state index contributed by atoms with van der Waals surface area (Å²) in [6.45, 7) is 4.84. The van der Waals surface area contributed by atoms with E-state index in [1.165, 1.54) is 44.9 Å². The van der Waals surface area contributed by atoms with Crippen molar-refractivity contribution < 1.29 is 4.79 Å². The van der Waals surface area contributed by atoms with Gasteiger partial charge in [-0.1, -0.05) is 32.8 Å². The van der Waals surface area contributed by atoms with Crippen molar-refractivity contribution >= 4 is 5.78 Å². The molecule has 0 aliphatic heterocycles. The first-order chi connectivity index (χ1) is 9.56. The summed E-state index contributed by atoms with van der Waals surface area (Å²) in [6.07, 6.45) is 15.2. The van der Waals surface area contributed by atoms with Gasteiger partial charge in [-0.25, -0.2) is 0 Å². The molecule has 0 aromatic carbocycles. The number of rotatable bonds is 0. The van der Waals surface area contributed by atoms with Crippen LogP contribution in [-0.4, -0.2) is 5.78 Å². The van der Waals surface area contributed by atoms with Crippen LogP contribution in [0.25, 0.3) is 0 Å². The van der Waals surface area contributed by atoms with Crippen LogP contribution in [0, 0.1) is 34.5 Å². The Balaban J connectivity index is 1.68. The van der Waals surface area contributed by atoms with E-state index in [0.717, 1.165) is 24.2 Å². The minimum atomic E-state index is -0.0426. The van der Waals surface area contributed by atoms with E-state index in [9.17, 15) is 4.79 Å². The quantitative estimate of drug-likeness (QED) is 0.621. The van der Waals surface area contributed by atoms with Crippen LogP contribution in [-0.2, 0) is 4.79 Å². The first-order valence-corrected chi connectivity index (χ1v) is 8.78. The van der Waals surface area contributed by atoms with Gasteiger partial charge in [-0.15, -0.1) is 0 Å². The second-order valence-corrected chi connectivity index (χ2v) is 8.50. The number of hydrogen-bond donors (Lipinski definition) is 0. The van der Waals surface area contributed by atoms with Gasteiger partial charge in [0.05, 0.1) is 0 Å². The first-order valence-electron chi connectivity index (χ1n) is 8.78. The summed E-state index contributed by atoms with van der Waals surface area (Å²) in [7, 11) is 0. The Morgan fingerprint density at radius 2 is 1.90 bits per heavy atom. The first kappa shape index (κ1) is 13.1. The predicted molar refractivity (Wildman–Crippen MR) is 81.3 cm³/mol. The molecule has 4 aliphatic rings. The Hall–Kier alpha value is -0.590. The molecule has 20 heavy (non-hydrogen) atoms. The van der Waals surface area contributed by atoms with Gasteiger partial charge in [0.2, 0.25) is 0 Å². The lowest BCUT2D eigenvalue weighted by molar-refractivity contribution is -0.136. The van der Waals surface area contributed by atoms with Gasteiger partial charge in [-0.3, -0.25) is 4.79 Å². The van der Waals surface area contributed by atoms with Crippen molar-refractivity contribution in [1.29, 1.82) is 0 Å². The number of carbonyl (C=O) groups excluding carboxylic acids is 1. The average molecular weight is 272 g/mol. The Kier molecular flexibility index (Phi) is 2.76. The highest BCUT2D eigenvalue weighted by Crippen LogP contribution is 2.64. The van der Waals surface area contributed by atoms with Crippen LogP contribution in [0.4, 0.5) is 0 Å². The lowest BCUT2D eigenvalue weighted by Gasteiger charge is -2.59. The average Bonchev–Trinajstić information content (AvgIpc) is 2.74. The van der Waals surface area contributed by atoms with Crippen LogP contribution in [0.5, 0.6) is 0 Å². The SMILES string of the molecule is C[C@@]12CCCC[C@@H]1CC[C@H]1[C@H]2CC[C@]2(C)C(=O)C=C[C@H]12. The molecule has 1 nitrogen and oxygen atoms in total. The van der Waals surface area contributed by atoms with Gasteiger partial charge >= 0.3 is 0 Å². The minimum absolute atomic E-state index is 0.0426. The van der Waals surface area contributed by atoms with Gasteiger partial charge in [0.1, 0.15) is 0 Å². The summed E-state index contributed by atoms with van der Waals surface area (Å²) in [4.78, 5) is 12.3. The molecule has 0 aromatic heterocycles. The number of allylic oxidation sites excluding steroid dienone is 2. The molecule has 0 spiro atoms. The summed E-state index contributed by atoms with van der Waals surface area (Å²) >= 11 is 0. The molecule has 6 atom stereocenters. The molecule has 0 bridgehead atoms. The van der Waals surface area contributed by atoms with Gasteiger partial charge in [0.25, 0.3) is 0 Å². The van der Waals surface area contributed by atoms with Crippen molar-refractivity contribution in [3.63, 3.8) is 0 Å². The fraction of sp³-hybridized carbons (Fsp3) is 0.842. The third-order valence-corrected chi connectivity index (χ3v) is 7.85. The number of ketones is 1. The number of fused-ring (bicyclic) bond motifs is 5. The molecule has 4 aliphatic carbocycles. The monoisotopic (exact) mass is 272 g/mol. The molecule has 0 N–H and O–H groups in total. The van der Waals surface area contributed by atoms with Crippen LogP contribution in [0.3, 0.4) is 0 Å². The molecule has 0 unspecified atom stereocenters. The van der Waals surface area contributed by atoms with E-state index in [2.05, 4.69) is 19.9 Å². The lowest BCUT2D eigenvalue weighted by Crippen LogP contribution is -2.52. The van der Waals surface area contributed by atoms with Crippen LogP contribution in [0.15, 0.2) is 12.2 Å². The van der Waals surface area contributed by atoms with Crippen molar-refractivity contribution in [2.45, 2.75) is 65.2 Å². The smallest absolute Gasteiger partial charge is 0.161 e. The zero-order valence-electron chi connectivity index (χ0n) is 13.0. The predicted octanol–water partition coefficient (Wildman–Crippen LogP) is 4.76. The van der Waals surface area contributed by atoms with E-state index in [1.807, 2.05) is 6.08 Å². The Labute approximate surface area is 123 Å². The van der Waals surface area contributed by atoms with Crippen LogP contribution in [0.1, 0.15) is 65.2 Å². The van der Waals surface area contributed by atoms with E-state index >= 15 is 0 Å². The highest BCUT2D eigenvalue weighted by molar-refractivity contribution is 5.97. The van der Waals surface area contributed by atoms with Crippen molar-refractivity contribution in [3.05, 3.63) is 12.2 Å². The number of carbonyl (C=O) groups is 1. The van der Waals surface area contributed by atoms with Gasteiger partial charge in [0, 0.05) is 5.41 Å². The maximum atomic E-state index is 12.3. The maximum Gasteiger partial charge on any atom is 0.161 e. The summed E-state index contributed by atoms with van der Waals surface area (Å²) in [5.74, 6) is 3.61. The fourth-order valence-electron chi connectivity index (χ4n) is 6.57. The highest BCUT2D eigenvalue weighted by atomic mass is 16.1. The van der Waals surface area contributed by atoms with E-state index in [-0.39, 0.29) is 5.41 Å². The van der Waals surface area contributed by atoms with Gasteiger partial charge in [-0.2, -0.15) is 0 Å². The minimum Gasteiger partial charge on any atom is -0.294 e. The largest absolute Gasteiger partial charge is 0.294 e. The molecule has 0 aromatic rings. The molecule has 0 saturated heterocycles. The Morgan fingerprint density at radius 1 is 1.05 bits per heavy atom. The zero-order valence-corrected chi connectivity index (χ0v) is 13.0. The molecule has 0 radical (unpaired) electrons. The second kappa shape index (κ2) is 4.21. The fourth-order valence-corrected chi connectivity index (χ4v) is 6.57. The normalized spacial score (nSPS) is 54.2. The molecule has 3 fully saturated rings. The van der Waals surface area contributed by atoms with Crippen LogP contribution < -0.4 is 0 Å². The summed E-state index contributed by atoms with van der Waals surface area (Å²) in [5, 5.41) is 0. The van der Waals surface area contributed by atoms with Gasteiger partial charge in [-0.05, 0) is 73.7 Å². The molecule has 0 heterocycles. The van der Waals surface area contributed by atoms with Crippen molar-refractivity contribution in [2.75, 3.05) is 0 Å². The standard InChI is InChI=1S/C19H28O/c1-18-11-4-3-5-13(18)6-7-14-15-8-9-17(20)19(15,2)12-10-16(14)18/h8-9,13-16H,3-7,10-12H2,1-2H3/t13-,14-,15-,16-,18-,19+/m1/s1. The van der Waals surface area contributed by atoms with Crippen molar-refractivity contribution in [2.24, 2.45) is 34.5 Å². The topological polar surface area (TPSA) is 17.1 Å². The molecular formula is C19H28O. The highest BCUT2D eigenvalue weighted by Gasteiger charge is 2.58. The summed E-state index contributed by atoms with van der Waals surface area (Å²) < 4.78 is 0. The van der Waals surface area contributed by atoms with Gasteiger partial charge in [0.15, 0.2) is 5.78 Å². The zero-order chi connectivity index (χ0) is 14.0. The van der Waals surface area contributed by atoms with Crippen molar-refractivity contribution in [3.8, 4) is 0 Å². The molecule has 110 valence electrons.